The zero-order chi connectivity index (χ0) is 10.7. The lowest BCUT2D eigenvalue weighted by atomic mass is 9.87. The molecule has 0 aliphatic heterocycles. The van der Waals surface area contributed by atoms with Crippen molar-refractivity contribution in [2.24, 2.45) is 0 Å². The highest BCUT2D eigenvalue weighted by atomic mass is 16.4. The molecule has 1 heterocycles. The van der Waals surface area contributed by atoms with Gasteiger partial charge in [0.25, 0.3) is 0 Å². The summed E-state index contributed by atoms with van der Waals surface area (Å²) in [6, 6.07) is 3.45. The molecule has 1 aliphatic carbocycles. The maximum Gasteiger partial charge on any atom is 0.140 e. The number of aliphatic hydroxyl groups is 2. The third-order valence-corrected chi connectivity index (χ3v) is 3.29. The molecule has 1 unspecified atom stereocenters. The smallest absolute Gasteiger partial charge is 0.140 e. The van der Waals surface area contributed by atoms with Crippen LogP contribution in [0.25, 0.3) is 0 Å². The minimum absolute atomic E-state index is 0.472. The highest BCUT2D eigenvalue weighted by Crippen LogP contribution is 2.37. The summed E-state index contributed by atoms with van der Waals surface area (Å²) in [7, 11) is 0. The Bertz CT molecular complexity index is 284. The molecule has 84 valence electrons. The Morgan fingerprint density at radius 1 is 1.20 bits per heavy atom. The van der Waals surface area contributed by atoms with E-state index in [0.29, 0.717) is 18.6 Å². The second kappa shape index (κ2) is 4.37. The van der Waals surface area contributed by atoms with Gasteiger partial charge in [-0.15, -0.1) is 0 Å². The Morgan fingerprint density at radius 3 is 2.40 bits per heavy atom. The highest BCUT2D eigenvalue weighted by Gasteiger charge is 2.38. The van der Waals surface area contributed by atoms with Gasteiger partial charge in [0.1, 0.15) is 11.9 Å². The van der Waals surface area contributed by atoms with E-state index in [0.717, 1.165) is 25.7 Å². The summed E-state index contributed by atoms with van der Waals surface area (Å²) in [6.45, 7) is 0. The Hall–Kier alpha value is -0.800. The van der Waals surface area contributed by atoms with E-state index in [4.69, 9.17) is 4.42 Å². The van der Waals surface area contributed by atoms with E-state index in [1.807, 2.05) is 0 Å². The SMILES string of the molecule is OC(c1ccco1)C1(O)CCCCCC1. The van der Waals surface area contributed by atoms with Crippen LogP contribution >= 0.6 is 0 Å². The van der Waals surface area contributed by atoms with E-state index in [-0.39, 0.29) is 0 Å². The predicted octanol–water partition coefficient (Wildman–Crippen LogP) is 2.40. The molecule has 1 saturated carbocycles. The van der Waals surface area contributed by atoms with Gasteiger partial charge in [0, 0.05) is 0 Å². The van der Waals surface area contributed by atoms with Gasteiger partial charge in [-0.1, -0.05) is 25.7 Å². The summed E-state index contributed by atoms with van der Waals surface area (Å²) < 4.78 is 5.14. The van der Waals surface area contributed by atoms with Crippen molar-refractivity contribution in [3.05, 3.63) is 24.2 Å². The Balaban J connectivity index is 2.12. The van der Waals surface area contributed by atoms with Crippen LogP contribution < -0.4 is 0 Å². The minimum atomic E-state index is -0.992. The van der Waals surface area contributed by atoms with Crippen LogP contribution in [0.4, 0.5) is 0 Å². The fraction of sp³-hybridized carbons (Fsp3) is 0.667. The molecule has 0 spiro atoms. The first-order chi connectivity index (χ1) is 7.22. The lowest BCUT2D eigenvalue weighted by Gasteiger charge is -2.30. The summed E-state index contributed by atoms with van der Waals surface area (Å²) >= 11 is 0. The number of hydrogen-bond donors (Lipinski definition) is 2. The highest BCUT2D eigenvalue weighted by molar-refractivity contribution is 5.08. The van der Waals surface area contributed by atoms with Gasteiger partial charge in [0.15, 0.2) is 0 Å². The molecular weight excluding hydrogens is 192 g/mol. The summed E-state index contributed by atoms with van der Waals surface area (Å²) in [4.78, 5) is 0. The van der Waals surface area contributed by atoms with Gasteiger partial charge < -0.3 is 14.6 Å². The van der Waals surface area contributed by atoms with E-state index in [1.54, 1.807) is 12.1 Å². The molecule has 3 nitrogen and oxygen atoms in total. The molecule has 2 rings (SSSR count). The minimum Gasteiger partial charge on any atom is -0.466 e. The van der Waals surface area contributed by atoms with Crippen LogP contribution in [-0.4, -0.2) is 15.8 Å². The van der Waals surface area contributed by atoms with Gasteiger partial charge in [-0.2, -0.15) is 0 Å². The average molecular weight is 210 g/mol. The molecule has 1 aliphatic rings. The molecule has 0 aromatic carbocycles. The predicted molar refractivity (Wildman–Crippen MR) is 56.3 cm³/mol. The first kappa shape index (κ1) is 10.7. The lowest BCUT2D eigenvalue weighted by molar-refractivity contribution is -0.0948. The van der Waals surface area contributed by atoms with Crippen molar-refractivity contribution >= 4 is 0 Å². The molecule has 0 saturated heterocycles. The zero-order valence-electron chi connectivity index (χ0n) is 8.85. The number of furan rings is 1. The third-order valence-electron chi connectivity index (χ3n) is 3.29. The summed E-state index contributed by atoms with van der Waals surface area (Å²) in [5.74, 6) is 0.472. The molecule has 3 heteroatoms. The van der Waals surface area contributed by atoms with Crippen LogP contribution in [0.2, 0.25) is 0 Å². The van der Waals surface area contributed by atoms with Crippen molar-refractivity contribution in [2.45, 2.75) is 50.2 Å². The molecule has 1 atom stereocenters. The second-order valence-corrected chi connectivity index (χ2v) is 4.44. The topological polar surface area (TPSA) is 53.6 Å². The Morgan fingerprint density at radius 2 is 1.87 bits per heavy atom. The normalized spacial score (nSPS) is 23.3. The maximum atomic E-state index is 10.4. The van der Waals surface area contributed by atoms with Crippen LogP contribution in [0.5, 0.6) is 0 Å². The van der Waals surface area contributed by atoms with Gasteiger partial charge in [0.2, 0.25) is 0 Å². The second-order valence-electron chi connectivity index (χ2n) is 4.44. The zero-order valence-corrected chi connectivity index (χ0v) is 8.85. The Labute approximate surface area is 89.7 Å². The van der Waals surface area contributed by atoms with Crippen molar-refractivity contribution in [2.75, 3.05) is 0 Å². The molecule has 0 radical (unpaired) electrons. The van der Waals surface area contributed by atoms with E-state index < -0.39 is 11.7 Å². The molecule has 15 heavy (non-hydrogen) atoms. The van der Waals surface area contributed by atoms with E-state index >= 15 is 0 Å². The molecule has 0 amide bonds. The fourth-order valence-corrected chi connectivity index (χ4v) is 2.33. The lowest BCUT2D eigenvalue weighted by Crippen LogP contribution is -2.35. The molecule has 2 N–H and O–H groups in total. The van der Waals surface area contributed by atoms with E-state index in [2.05, 4.69) is 0 Å². The van der Waals surface area contributed by atoms with Gasteiger partial charge >= 0.3 is 0 Å². The first-order valence-electron chi connectivity index (χ1n) is 5.66. The monoisotopic (exact) mass is 210 g/mol. The van der Waals surface area contributed by atoms with E-state index in [9.17, 15) is 10.2 Å². The van der Waals surface area contributed by atoms with Crippen LogP contribution in [-0.2, 0) is 0 Å². The summed E-state index contributed by atoms with van der Waals surface area (Å²) in [6.07, 6.45) is 6.22. The number of aliphatic hydroxyl groups excluding tert-OH is 1. The molecule has 1 aromatic heterocycles. The average Bonchev–Trinajstić information content (AvgIpc) is 2.67. The van der Waals surface area contributed by atoms with Crippen LogP contribution in [0.15, 0.2) is 22.8 Å². The van der Waals surface area contributed by atoms with Gasteiger partial charge in [0.05, 0.1) is 11.9 Å². The molecule has 1 fully saturated rings. The quantitative estimate of drug-likeness (QED) is 0.737. The van der Waals surface area contributed by atoms with Crippen molar-refractivity contribution in [1.29, 1.82) is 0 Å². The molecule has 0 bridgehead atoms. The largest absolute Gasteiger partial charge is 0.466 e. The standard InChI is InChI=1S/C12H18O3/c13-11(10-6-5-9-15-10)12(14)7-3-1-2-4-8-12/h5-6,9,11,13-14H,1-4,7-8H2. The van der Waals surface area contributed by atoms with Crippen molar-refractivity contribution in [3.63, 3.8) is 0 Å². The van der Waals surface area contributed by atoms with Crippen LogP contribution in [0.3, 0.4) is 0 Å². The molecule has 1 aromatic rings. The van der Waals surface area contributed by atoms with E-state index in [1.165, 1.54) is 6.26 Å². The van der Waals surface area contributed by atoms with Crippen molar-refractivity contribution in [1.82, 2.24) is 0 Å². The maximum absolute atomic E-state index is 10.4. The van der Waals surface area contributed by atoms with Gasteiger partial charge in [-0.25, -0.2) is 0 Å². The first-order valence-corrected chi connectivity index (χ1v) is 5.66. The van der Waals surface area contributed by atoms with Crippen LogP contribution in [0.1, 0.15) is 50.4 Å². The third kappa shape index (κ3) is 2.24. The van der Waals surface area contributed by atoms with Gasteiger partial charge in [-0.05, 0) is 25.0 Å². The fourth-order valence-electron chi connectivity index (χ4n) is 2.33. The number of rotatable bonds is 2. The number of hydrogen-bond acceptors (Lipinski definition) is 3. The van der Waals surface area contributed by atoms with Gasteiger partial charge in [-0.3, -0.25) is 0 Å². The summed E-state index contributed by atoms with van der Waals surface area (Å²) in [5.41, 5.74) is -0.992. The van der Waals surface area contributed by atoms with Crippen molar-refractivity contribution < 1.29 is 14.6 Å². The summed E-state index contributed by atoms with van der Waals surface area (Å²) in [5, 5.41) is 20.5. The van der Waals surface area contributed by atoms with Crippen LogP contribution in [0, 0.1) is 0 Å². The molecular formula is C12H18O3. The Kier molecular flexibility index (Phi) is 3.12. The van der Waals surface area contributed by atoms with Crippen molar-refractivity contribution in [3.8, 4) is 0 Å².